The molecule has 1 aromatic heterocycles. The van der Waals surface area contributed by atoms with Crippen LogP contribution in [0.25, 0.3) is 0 Å². The van der Waals surface area contributed by atoms with E-state index in [0.717, 1.165) is 37.9 Å². The Labute approximate surface area is 118 Å². The van der Waals surface area contributed by atoms with Crippen LogP contribution >= 0.6 is 0 Å². The molecule has 2 aliphatic carbocycles. The fourth-order valence-corrected chi connectivity index (χ4v) is 3.27. The van der Waals surface area contributed by atoms with Crippen molar-refractivity contribution in [2.45, 2.75) is 44.1 Å². The summed E-state index contributed by atoms with van der Waals surface area (Å²) in [5.74, 6) is 0.640. The van der Waals surface area contributed by atoms with Gasteiger partial charge < -0.3 is 15.1 Å². The largest absolute Gasteiger partial charge is 0.469 e. The standard InChI is InChI=1S/C15H20N2O3/c16-14(18)9-17(10-4-1-2-5-10)15(19)12-8-11(12)13-6-3-7-20-13/h3,6-7,10-12H,1-2,4-5,8-9H2,(H2,16,18)/t11-,12+/m0/s1. The first-order chi connectivity index (χ1) is 9.66. The molecule has 2 saturated carbocycles. The number of nitrogens with two attached hydrogens (primary N) is 1. The number of primary amides is 1. The number of hydrogen-bond acceptors (Lipinski definition) is 3. The van der Waals surface area contributed by atoms with E-state index >= 15 is 0 Å². The number of carbonyl (C=O) groups is 2. The van der Waals surface area contributed by atoms with Crippen molar-refractivity contribution in [2.75, 3.05) is 6.54 Å². The third-order valence-electron chi connectivity index (χ3n) is 4.39. The van der Waals surface area contributed by atoms with Gasteiger partial charge in [-0.15, -0.1) is 0 Å². The molecule has 5 heteroatoms. The van der Waals surface area contributed by atoms with Crippen LogP contribution in [0.4, 0.5) is 0 Å². The van der Waals surface area contributed by atoms with Crippen LogP contribution in [0.5, 0.6) is 0 Å². The van der Waals surface area contributed by atoms with Crippen LogP contribution in [0.1, 0.15) is 43.8 Å². The van der Waals surface area contributed by atoms with E-state index in [9.17, 15) is 9.59 Å². The summed E-state index contributed by atoms with van der Waals surface area (Å²) in [7, 11) is 0. The smallest absolute Gasteiger partial charge is 0.237 e. The average molecular weight is 276 g/mol. The summed E-state index contributed by atoms with van der Waals surface area (Å²) in [6, 6.07) is 3.94. The molecule has 5 nitrogen and oxygen atoms in total. The fourth-order valence-electron chi connectivity index (χ4n) is 3.27. The van der Waals surface area contributed by atoms with Gasteiger partial charge in [-0.25, -0.2) is 0 Å². The molecule has 0 aromatic carbocycles. The molecule has 0 unspecified atom stereocenters. The van der Waals surface area contributed by atoms with Gasteiger partial charge in [0.25, 0.3) is 0 Å². The van der Waals surface area contributed by atoms with Crippen molar-refractivity contribution in [3.63, 3.8) is 0 Å². The Morgan fingerprint density at radius 1 is 1.35 bits per heavy atom. The first kappa shape index (κ1) is 13.2. The van der Waals surface area contributed by atoms with Gasteiger partial charge in [-0.05, 0) is 31.4 Å². The number of furan rings is 1. The van der Waals surface area contributed by atoms with Crippen LogP contribution in [-0.4, -0.2) is 29.3 Å². The van der Waals surface area contributed by atoms with Gasteiger partial charge in [0.2, 0.25) is 11.8 Å². The number of nitrogens with zero attached hydrogens (tertiary/aromatic N) is 1. The first-order valence-corrected chi connectivity index (χ1v) is 7.29. The van der Waals surface area contributed by atoms with E-state index < -0.39 is 5.91 Å². The molecule has 0 saturated heterocycles. The van der Waals surface area contributed by atoms with Crippen LogP contribution < -0.4 is 5.73 Å². The maximum atomic E-state index is 12.6. The van der Waals surface area contributed by atoms with Gasteiger partial charge in [-0.2, -0.15) is 0 Å². The lowest BCUT2D eigenvalue weighted by atomic mass is 10.1. The summed E-state index contributed by atoms with van der Waals surface area (Å²) in [6.07, 6.45) is 6.66. The van der Waals surface area contributed by atoms with Crippen molar-refractivity contribution in [1.29, 1.82) is 0 Å². The minimum absolute atomic E-state index is 0.0406. The lowest BCUT2D eigenvalue weighted by Gasteiger charge is -2.28. The molecular formula is C15H20N2O3. The molecule has 1 aromatic rings. The topological polar surface area (TPSA) is 76.5 Å². The maximum Gasteiger partial charge on any atom is 0.237 e. The summed E-state index contributed by atoms with van der Waals surface area (Å²) in [6.45, 7) is 0.0465. The molecule has 2 N–H and O–H groups in total. The van der Waals surface area contributed by atoms with E-state index in [1.807, 2.05) is 12.1 Å². The van der Waals surface area contributed by atoms with Crippen molar-refractivity contribution in [3.05, 3.63) is 24.2 Å². The zero-order chi connectivity index (χ0) is 14.1. The predicted octanol–water partition coefficient (Wildman–Crippen LogP) is 1.64. The third-order valence-corrected chi connectivity index (χ3v) is 4.39. The Morgan fingerprint density at radius 3 is 2.70 bits per heavy atom. The van der Waals surface area contributed by atoms with Gasteiger partial charge in [-0.3, -0.25) is 9.59 Å². The molecule has 2 amide bonds. The Morgan fingerprint density at radius 2 is 2.10 bits per heavy atom. The van der Waals surface area contributed by atoms with Crippen LogP contribution in [0, 0.1) is 5.92 Å². The lowest BCUT2D eigenvalue weighted by Crippen LogP contribution is -2.45. The average Bonchev–Trinajstić information content (AvgIpc) is 2.87. The molecule has 20 heavy (non-hydrogen) atoms. The van der Waals surface area contributed by atoms with E-state index in [0.29, 0.717) is 0 Å². The molecule has 2 atom stereocenters. The van der Waals surface area contributed by atoms with Gasteiger partial charge in [0.05, 0.1) is 12.8 Å². The fraction of sp³-hybridized carbons (Fsp3) is 0.600. The van der Waals surface area contributed by atoms with Crippen LogP contribution in [-0.2, 0) is 9.59 Å². The number of amides is 2. The van der Waals surface area contributed by atoms with Crippen molar-refractivity contribution < 1.29 is 14.0 Å². The molecule has 2 fully saturated rings. The van der Waals surface area contributed by atoms with Crippen molar-refractivity contribution >= 4 is 11.8 Å². The molecule has 3 rings (SSSR count). The van der Waals surface area contributed by atoms with Gasteiger partial charge in [0, 0.05) is 17.9 Å². The summed E-state index contributed by atoms with van der Waals surface area (Å²) < 4.78 is 5.36. The summed E-state index contributed by atoms with van der Waals surface area (Å²) in [4.78, 5) is 25.6. The SMILES string of the molecule is NC(=O)CN(C(=O)[C@@H]1C[C@@H]1c1ccco1)C1CCCC1. The lowest BCUT2D eigenvalue weighted by molar-refractivity contribution is -0.138. The van der Waals surface area contributed by atoms with E-state index in [-0.39, 0.29) is 30.3 Å². The Kier molecular flexibility index (Phi) is 3.51. The Bertz CT molecular complexity index is 491. The molecule has 0 aliphatic heterocycles. The molecule has 0 bridgehead atoms. The highest BCUT2D eigenvalue weighted by molar-refractivity contribution is 5.87. The van der Waals surface area contributed by atoms with Gasteiger partial charge in [0.1, 0.15) is 5.76 Å². The van der Waals surface area contributed by atoms with E-state index in [4.69, 9.17) is 10.2 Å². The zero-order valence-corrected chi connectivity index (χ0v) is 11.5. The van der Waals surface area contributed by atoms with Gasteiger partial charge in [-0.1, -0.05) is 12.8 Å². The second-order valence-electron chi connectivity index (χ2n) is 5.83. The Balaban J connectivity index is 1.68. The van der Waals surface area contributed by atoms with Crippen LogP contribution in [0.15, 0.2) is 22.8 Å². The predicted molar refractivity (Wildman–Crippen MR) is 72.7 cm³/mol. The molecule has 108 valence electrons. The second kappa shape index (κ2) is 5.31. The second-order valence-corrected chi connectivity index (χ2v) is 5.83. The van der Waals surface area contributed by atoms with E-state index in [2.05, 4.69) is 0 Å². The molecule has 0 radical (unpaired) electrons. The molecule has 1 heterocycles. The number of rotatable bonds is 5. The quantitative estimate of drug-likeness (QED) is 0.888. The maximum absolute atomic E-state index is 12.6. The van der Waals surface area contributed by atoms with Gasteiger partial charge >= 0.3 is 0 Å². The van der Waals surface area contributed by atoms with E-state index in [1.165, 1.54) is 0 Å². The molecule has 2 aliphatic rings. The monoisotopic (exact) mass is 276 g/mol. The summed E-state index contributed by atoms with van der Waals surface area (Å²) >= 11 is 0. The third kappa shape index (κ3) is 2.57. The highest BCUT2D eigenvalue weighted by Gasteiger charge is 2.48. The minimum atomic E-state index is -0.430. The number of carbonyl (C=O) groups excluding carboxylic acids is 2. The normalized spacial score (nSPS) is 25.6. The van der Waals surface area contributed by atoms with Crippen LogP contribution in [0.3, 0.4) is 0 Å². The summed E-state index contributed by atoms with van der Waals surface area (Å²) in [5, 5.41) is 0. The van der Waals surface area contributed by atoms with E-state index in [1.54, 1.807) is 11.2 Å². The minimum Gasteiger partial charge on any atom is -0.469 e. The van der Waals surface area contributed by atoms with Crippen molar-refractivity contribution in [1.82, 2.24) is 4.90 Å². The molecule has 0 spiro atoms. The Hall–Kier alpha value is -1.78. The first-order valence-electron chi connectivity index (χ1n) is 7.29. The zero-order valence-electron chi connectivity index (χ0n) is 11.5. The summed E-state index contributed by atoms with van der Waals surface area (Å²) in [5.41, 5.74) is 5.30. The van der Waals surface area contributed by atoms with Gasteiger partial charge in [0.15, 0.2) is 0 Å². The van der Waals surface area contributed by atoms with Crippen molar-refractivity contribution in [2.24, 2.45) is 11.7 Å². The van der Waals surface area contributed by atoms with Crippen molar-refractivity contribution in [3.8, 4) is 0 Å². The highest BCUT2D eigenvalue weighted by Crippen LogP contribution is 2.49. The molecular weight excluding hydrogens is 256 g/mol. The van der Waals surface area contributed by atoms with Crippen LogP contribution in [0.2, 0.25) is 0 Å². The number of hydrogen-bond donors (Lipinski definition) is 1. The highest BCUT2D eigenvalue weighted by atomic mass is 16.3.